The van der Waals surface area contributed by atoms with Crippen LogP contribution < -0.4 is 10.1 Å². The largest absolute Gasteiger partial charge is 0.495 e. The topological polar surface area (TPSA) is 43.4 Å². The van der Waals surface area contributed by atoms with E-state index in [1.807, 2.05) is 19.1 Å². The summed E-state index contributed by atoms with van der Waals surface area (Å²) in [6.45, 7) is 6.62. The van der Waals surface area contributed by atoms with Crippen LogP contribution in [0.25, 0.3) is 0 Å². The summed E-state index contributed by atoms with van der Waals surface area (Å²) >= 11 is 0. The second-order valence-corrected chi connectivity index (χ2v) is 4.08. The monoisotopic (exact) mass is 252 g/mol. The lowest BCUT2D eigenvalue weighted by Gasteiger charge is -2.19. The second-order valence-electron chi connectivity index (χ2n) is 4.08. The number of nitrogens with zero attached hydrogens (tertiary/aromatic N) is 1. The molecule has 1 unspecified atom stereocenters. The van der Waals surface area contributed by atoms with Crippen molar-refractivity contribution >= 4 is 0 Å². The summed E-state index contributed by atoms with van der Waals surface area (Å²) < 4.78 is 10.8. The van der Waals surface area contributed by atoms with Crippen molar-refractivity contribution in [2.75, 3.05) is 26.9 Å². The molecule has 0 spiro atoms. The Labute approximate surface area is 110 Å². The lowest BCUT2D eigenvalue weighted by atomic mass is 10.1. The maximum atomic E-state index is 5.43. The van der Waals surface area contributed by atoms with Gasteiger partial charge in [-0.25, -0.2) is 0 Å². The van der Waals surface area contributed by atoms with E-state index in [4.69, 9.17) is 9.47 Å². The molecule has 1 heterocycles. The van der Waals surface area contributed by atoms with Gasteiger partial charge in [0, 0.05) is 19.4 Å². The average molecular weight is 252 g/mol. The van der Waals surface area contributed by atoms with Crippen molar-refractivity contribution in [1.82, 2.24) is 10.3 Å². The highest BCUT2D eigenvalue weighted by Gasteiger charge is 2.16. The highest BCUT2D eigenvalue weighted by Crippen LogP contribution is 2.24. The SMILES string of the molecule is CCCNC(CCOCC)c1ncccc1OC. The predicted octanol–water partition coefficient (Wildman–Crippen LogP) is 2.56. The molecule has 0 saturated carbocycles. The number of ether oxygens (including phenoxy) is 2. The van der Waals surface area contributed by atoms with E-state index in [9.17, 15) is 0 Å². The first-order valence-electron chi connectivity index (χ1n) is 6.63. The van der Waals surface area contributed by atoms with E-state index >= 15 is 0 Å². The van der Waals surface area contributed by atoms with E-state index in [0.717, 1.165) is 44.0 Å². The Hall–Kier alpha value is -1.13. The van der Waals surface area contributed by atoms with Crippen LogP contribution in [0, 0.1) is 0 Å². The molecule has 0 saturated heterocycles. The molecule has 1 aromatic rings. The first-order valence-corrected chi connectivity index (χ1v) is 6.63. The van der Waals surface area contributed by atoms with Crippen molar-refractivity contribution in [3.8, 4) is 5.75 Å². The molecule has 102 valence electrons. The number of hydrogen-bond acceptors (Lipinski definition) is 4. The fourth-order valence-corrected chi connectivity index (χ4v) is 1.84. The zero-order chi connectivity index (χ0) is 13.2. The fourth-order valence-electron chi connectivity index (χ4n) is 1.84. The zero-order valence-corrected chi connectivity index (χ0v) is 11.6. The zero-order valence-electron chi connectivity index (χ0n) is 11.6. The van der Waals surface area contributed by atoms with Crippen molar-refractivity contribution in [1.29, 1.82) is 0 Å². The Morgan fingerprint density at radius 2 is 2.22 bits per heavy atom. The summed E-state index contributed by atoms with van der Waals surface area (Å²) in [7, 11) is 1.68. The summed E-state index contributed by atoms with van der Waals surface area (Å²) in [5.41, 5.74) is 0.966. The fraction of sp³-hybridized carbons (Fsp3) is 0.643. The average Bonchev–Trinajstić information content (AvgIpc) is 2.42. The Balaban J connectivity index is 2.72. The van der Waals surface area contributed by atoms with Gasteiger partial charge in [0.15, 0.2) is 0 Å². The van der Waals surface area contributed by atoms with Gasteiger partial charge in [-0.05, 0) is 38.4 Å². The third-order valence-electron chi connectivity index (χ3n) is 2.75. The maximum Gasteiger partial charge on any atom is 0.141 e. The quantitative estimate of drug-likeness (QED) is 0.686. The Kier molecular flexibility index (Phi) is 7.37. The van der Waals surface area contributed by atoms with Crippen molar-refractivity contribution in [2.45, 2.75) is 32.7 Å². The lowest BCUT2D eigenvalue weighted by molar-refractivity contribution is 0.135. The number of nitrogens with one attached hydrogen (secondary N) is 1. The molecule has 0 fully saturated rings. The molecule has 0 aliphatic heterocycles. The maximum absolute atomic E-state index is 5.43. The van der Waals surface area contributed by atoms with E-state index in [0.29, 0.717) is 0 Å². The number of hydrogen-bond donors (Lipinski definition) is 1. The van der Waals surface area contributed by atoms with Crippen LogP contribution in [0.3, 0.4) is 0 Å². The minimum absolute atomic E-state index is 0.188. The highest BCUT2D eigenvalue weighted by atomic mass is 16.5. The van der Waals surface area contributed by atoms with Gasteiger partial charge in [0.05, 0.1) is 18.8 Å². The minimum atomic E-state index is 0.188. The summed E-state index contributed by atoms with van der Waals surface area (Å²) in [6.07, 6.45) is 3.81. The summed E-state index contributed by atoms with van der Waals surface area (Å²) in [5.74, 6) is 0.836. The van der Waals surface area contributed by atoms with Gasteiger partial charge >= 0.3 is 0 Å². The van der Waals surface area contributed by atoms with Gasteiger partial charge in [-0.2, -0.15) is 0 Å². The third kappa shape index (κ3) is 4.63. The molecule has 1 atom stereocenters. The normalized spacial score (nSPS) is 12.4. The molecule has 0 amide bonds. The molecule has 0 aromatic carbocycles. The lowest BCUT2D eigenvalue weighted by Crippen LogP contribution is -2.25. The van der Waals surface area contributed by atoms with Crippen LogP contribution in [-0.4, -0.2) is 31.9 Å². The second kappa shape index (κ2) is 8.89. The van der Waals surface area contributed by atoms with E-state index in [2.05, 4.69) is 17.2 Å². The van der Waals surface area contributed by atoms with Crippen LogP contribution in [0.1, 0.15) is 38.4 Å². The van der Waals surface area contributed by atoms with Gasteiger partial charge < -0.3 is 14.8 Å². The number of aromatic nitrogens is 1. The molecular formula is C14H24N2O2. The molecule has 0 aliphatic carbocycles. The van der Waals surface area contributed by atoms with Crippen LogP contribution in [0.5, 0.6) is 5.75 Å². The van der Waals surface area contributed by atoms with Gasteiger partial charge in [0.1, 0.15) is 5.75 Å². The Bertz CT molecular complexity index is 331. The van der Waals surface area contributed by atoms with Crippen molar-refractivity contribution in [3.05, 3.63) is 24.0 Å². The van der Waals surface area contributed by atoms with Crippen molar-refractivity contribution < 1.29 is 9.47 Å². The highest BCUT2D eigenvalue weighted by molar-refractivity contribution is 5.29. The van der Waals surface area contributed by atoms with E-state index in [1.165, 1.54) is 0 Å². The number of rotatable bonds is 9. The third-order valence-corrected chi connectivity index (χ3v) is 2.75. The van der Waals surface area contributed by atoms with Crippen LogP contribution in [0.15, 0.2) is 18.3 Å². The van der Waals surface area contributed by atoms with Crippen LogP contribution >= 0.6 is 0 Å². The molecule has 0 radical (unpaired) electrons. The van der Waals surface area contributed by atoms with E-state index in [-0.39, 0.29) is 6.04 Å². The summed E-state index contributed by atoms with van der Waals surface area (Å²) in [4.78, 5) is 4.44. The van der Waals surface area contributed by atoms with E-state index in [1.54, 1.807) is 13.3 Å². The molecule has 1 rings (SSSR count). The Morgan fingerprint density at radius 1 is 1.39 bits per heavy atom. The van der Waals surface area contributed by atoms with Crippen LogP contribution in [0.2, 0.25) is 0 Å². The smallest absolute Gasteiger partial charge is 0.141 e. The molecule has 1 N–H and O–H groups in total. The van der Waals surface area contributed by atoms with Crippen LogP contribution in [-0.2, 0) is 4.74 Å². The summed E-state index contributed by atoms with van der Waals surface area (Å²) in [6, 6.07) is 4.03. The van der Waals surface area contributed by atoms with Gasteiger partial charge in [-0.3, -0.25) is 4.98 Å². The van der Waals surface area contributed by atoms with Gasteiger partial charge in [0.2, 0.25) is 0 Å². The van der Waals surface area contributed by atoms with Crippen LogP contribution in [0.4, 0.5) is 0 Å². The number of methoxy groups -OCH3 is 1. The van der Waals surface area contributed by atoms with Crippen molar-refractivity contribution in [3.63, 3.8) is 0 Å². The van der Waals surface area contributed by atoms with E-state index < -0.39 is 0 Å². The van der Waals surface area contributed by atoms with Gasteiger partial charge in [-0.1, -0.05) is 6.92 Å². The molecule has 0 aliphatic rings. The first-order chi connectivity index (χ1) is 8.83. The summed E-state index contributed by atoms with van der Waals surface area (Å²) in [5, 5.41) is 3.50. The molecule has 4 heteroatoms. The molecule has 1 aromatic heterocycles. The molecular weight excluding hydrogens is 228 g/mol. The first kappa shape index (κ1) is 14.9. The minimum Gasteiger partial charge on any atom is -0.495 e. The molecule has 4 nitrogen and oxygen atoms in total. The molecule has 0 bridgehead atoms. The van der Waals surface area contributed by atoms with Gasteiger partial charge in [0.25, 0.3) is 0 Å². The standard InChI is InChI=1S/C14H24N2O2/c1-4-9-15-12(8-11-18-5-2)14-13(17-3)7-6-10-16-14/h6-7,10,12,15H,4-5,8-9,11H2,1-3H3. The predicted molar refractivity (Wildman–Crippen MR) is 72.9 cm³/mol. The number of pyridine rings is 1. The van der Waals surface area contributed by atoms with Crippen molar-refractivity contribution in [2.24, 2.45) is 0 Å². The van der Waals surface area contributed by atoms with Gasteiger partial charge in [-0.15, -0.1) is 0 Å². The molecule has 18 heavy (non-hydrogen) atoms. The Morgan fingerprint density at radius 3 is 2.89 bits per heavy atom.